The maximum Gasteiger partial charge on any atom is 0.174 e. The molecule has 0 fully saturated rings. The van der Waals surface area contributed by atoms with Gasteiger partial charge in [0.2, 0.25) is 0 Å². The molecule has 0 aliphatic heterocycles. The number of ether oxygens (including phenoxy) is 1. The second-order valence-corrected chi connectivity index (χ2v) is 3.01. The molecule has 62 valence electrons. The lowest BCUT2D eigenvalue weighted by Crippen LogP contribution is -1.92. The van der Waals surface area contributed by atoms with E-state index in [9.17, 15) is 0 Å². The van der Waals surface area contributed by atoms with E-state index < -0.39 is 0 Å². The third kappa shape index (κ3) is 2.48. The first-order valence-corrected chi connectivity index (χ1v) is 4.73. The maximum absolute atomic E-state index is 8.27. The lowest BCUT2D eigenvalue weighted by atomic mass is 10.3. The van der Waals surface area contributed by atoms with Gasteiger partial charge < -0.3 is 4.74 Å². The maximum atomic E-state index is 8.27. The molecule has 0 amide bonds. The molecule has 0 spiro atoms. The van der Waals surface area contributed by atoms with Crippen molar-refractivity contribution in [3.63, 3.8) is 0 Å². The van der Waals surface area contributed by atoms with E-state index in [0.717, 1.165) is 10.6 Å². The molecule has 2 nitrogen and oxygen atoms in total. The van der Waals surface area contributed by atoms with Crippen LogP contribution in [0, 0.1) is 11.3 Å². The molecule has 1 aromatic rings. The number of thioether (sulfide) groups is 1. The first kappa shape index (κ1) is 8.95. The van der Waals surface area contributed by atoms with Crippen LogP contribution in [-0.2, 0) is 0 Å². The van der Waals surface area contributed by atoms with Crippen LogP contribution in [0.1, 0.15) is 0 Å². The molecule has 0 aliphatic rings. The summed E-state index contributed by atoms with van der Waals surface area (Å²) in [6.07, 6.45) is 2.00. The molecule has 0 radical (unpaired) electrons. The quantitative estimate of drug-likeness (QED) is 0.667. The van der Waals surface area contributed by atoms with Gasteiger partial charge in [-0.1, -0.05) is 6.07 Å². The lowest BCUT2D eigenvalue weighted by Gasteiger charge is -2.02. The zero-order valence-corrected chi connectivity index (χ0v) is 7.60. The molecular weight excluding hydrogens is 170 g/mol. The molecule has 3 heteroatoms. The molecule has 0 heterocycles. The van der Waals surface area contributed by atoms with E-state index in [1.54, 1.807) is 11.8 Å². The van der Waals surface area contributed by atoms with Crippen molar-refractivity contribution in [2.24, 2.45) is 0 Å². The Bertz CT molecular complexity index is 293. The van der Waals surface area contributed by atoms with E-state index in [1.807, 2.05) is 36.6 Å². The third-order valence-corrected chi connectivity index (χ3v) is 2.07. The number of hydrogen-bond acceptors (Lipinski definition) is 3. The SMILES string of the molecule is CSc1cccc(OCC#N)c1. The van der Waals surface area contributed by atoms with Crippen LogP contribution in [0.15, 0.2) is 29.2 Å². The Morgan fingerprint density at radius 1 is 1.58 bits per heavy atom. The zero-order valence-electron chi connectivity index (χ0n) is 6.78. The van der Waals surface area contributed by atoms with Crippen molar-refractivity contribution in [3.8, 4) is 11.8 Å². The Hall–Kier alpha value is -1.14. The summed E-state index contributed by atoms with van der Waals surface area (Å²) in [6.45, 7) is 0.109. The average molecular weight is 179 g/mol. The molecule has 0 N–H and O–H groups in total. The van der Waals surface area contributed by atoms with Gasteiger partial charge in [-0.3, -0.25) is 0 Å². The molecular formula is C9H9NOS. The molecule has 0 aliphatic carbocycles. The number of hydrogen-bond donors (Lipinski definition) is 0. The number of benzene rings is 1. The summed E-state index contributed by atoms with van der Waals surface area (Å²) in [5.41, 5.74) is 0. The topological polar surface area (TPSA) is 33.0 Å². The van der Waals surface area contributed by atoms with E-state index in [0.29, 0.717) is 0 Å². The van der Waals surface area contributed by atoms with Gasteiger partial charge in [0.05, 0.1) is 0 Å². The lowest BCUT2D eigenvalue weighted by molar-refractivity contribution is 0.367. The fraction of sp³-hybridized carbons (Fsp3) is 0.222. The highest BCUT2D eigenvalue weighted by molar-refractivity contribution is 7.98. The summed E-state index contributed by atoms with van der Waals surface area (Å²) in [5, 5.41) is 8.27. The molecule has 0 bridgehead atoms. The van der Waals surface area contributed by atoms with Crippen LogP contribution in [0.25, 0.3) is 0 Å². The van der Waals surface area contributed by atoms with Gasteiger partial charge in [0.1, 0.15) is 11.8 Å². The summed E-state index contributed by atoms with van der Waals surface area (Å²) in [4.78, 5) is 1.14. The van der Waals surface area contributed by atoms with Crippen molar-refractivity contribution in [2.75, 3.05) is 12.9 Å². The second kappa shape index (κ2) is 4.68. The van der Waals surface area contributed by atoms with E-state index >= 15 is 0 Å². The van der Waals surface area contributed by atoms with Gasteiger partial charge in [-0.05, 0) is 24.5 Å². The number of rotatable bonds is 3. The van der Waals surface area contributed by atoms with Crippen molar-refractivity contribution in [2.45, 2.75) is 4.90 Å². The molecule has 1 aromatic carbocycles. The molecule has 0 atom stereocenters. The summed E-state index contributed by atoms with van der Waals surface area (Å²) >= 11 is 1.65. The molecule has 12 heavy (non-hydrogen) atoms. The van der Waals surface area contributed by atoms with Crippen LogP contribution in [-0.4, -0.2) is 12.9 Å². The molecule has 0 unspecified atom stereocenters. The van der Waals surface area contributed by atoms with Crippen molar-refractivity contribution in [3.05, 3.63) is 24.3 Å². The minimum Gasteiger partial charge on any atom is -0.479 e. The summed E-state index contributed by atoms with van der Waals surface area (Å²) in [6, 6.07) is 9.61. The van der Waals surface area contributed by atoms with E-state index in [1.165, 1.54) is 0 Å². The highest BCUT2D eigenvalue weighted by Gasteiger charge is 1.93. The average Bonchev–Trinajstić information content (AvgIpc) is 2.15. The fourth-order valence-electron chi connectivity index (χ4n) is 0.807. The van der Waals surface area contributed by atoms with Crippen LogP contribution in [0.5, 0.6) is 5.75 Å². The van der Waals surface area contributed by atoms with Crippen LogP contribution in [0.3, 0.4) is 0 Å². The van der Waals surface area contributed by atoms with Gasteiger partial charge in [-0.25, -0.2) is 0 Å². The van der Waals surface area contributed by atoms with E-state index in [2.05, 4.69) is 0 Å². The van der Waals surface area contributed by atoms with E-state index in [-0.39, 0.29) is 6.61 Å². The van der Waals surface area contributed by atoms with Gasteiger partial charge in [-0.2, -0.15) is 5.26 Å². The molecule has 0 saturated heterocycles. The molecule has 0 aromatic heterocycles. The van der Waals surface area contributed by atoms with Crippen LogP contribution < -0.4 is 4.74 Å². The first-order chi connectivity index (χ1) is 5.86. The molecule has 1 rings (SSSR count). The second-order valence-electron chi connectivity index (χ2n) is 2.13. The molecule has 0 saturated carbocycles. The normalized spacial score (nSPS) is 9.00. The Morgan fingerprint density at radius 2 is 2.42 bits per heavy atom. The monoisotopic (exact) mass is 179 g/mol. The van der Waals surface area contributed by atoms with Crippen molar-refractivity contribution < 1.29 is 4.74 Å². The largest absolute Gasteiger partial charge is 0.479 e. The van der Waals surface area contributed by atoms with Gasteiger partial charge >= 0.3 is 0 Å². The highest BCUT2D eigenvalue weighted by atomic mass is 32.2. The predicted molar refractivity (Wildman–Crippen MR) is 49.3 cm³/mol. The summed E-state index contributed by atoms with van der Waals surface area (Å²) in [7, 11) is 0. The minimum atomic E-state index is 0.109. The Labute approximate surface area is 76.2 Å². The first-order valence-electron chi connectivity index (χ1n) is 3.50. The highest BCUT2D eigenvalue weighted by Crippen LogP contribution is 2.20. The Kier molecular flexibility index (Phi) is 3.49. The zero-order chi connectivity index (χ0) is 8.81. The van der Waals surface area contributed by atoms with Gasteiger partial charge in [0.15, 0.2) is 6.61 Å². The van der Waals surface area contributed by atoms with Crippen LogP contribution in [0.4, 0.5) is 0 Å². The van der Waals surface area contributed by atoms with Gasteiger partial charge in [0.25, 0.3) is 0 Å². The number of nitrogens with zero attached hydrogens (tertiary/aromatic N) is 1. The fourth-order valence-corrected chi connectivity index (χ4v) is 1.26. The van der Waals surface area contributed by atoms with E-state index in [4.69, 9.17) is 10.00 Å². The standard InChI is InChI=1S/C9H9NOS/c1-12-9-4-2-3-8(7-9)11-6-5-10/h2-4,7H,6H2,1H3. The predicted octanol–water partition coefficient (Wildman–Crippen LogP) is 2.31. The summed E-state index contributed by atoms with van der Waals surface area (Å²) < 4.78 is 5.12. The van der Waals surface area contributed by atoms with Crippen LogP contribution >= 0.6 is 11.8 Å². The summed E-state index contributed by atoms with van der Waals surface area (Å²) in [5.74, 6) is 0.753. The van der Waals surface area contributed by atoms with Gasteiger partial charge in [-0.15, -0.1) is 11.8 Å². The Morgan fingerprint density at radius 3 is 3.08 bits per heavy atom. The van der Waals surface area contributed by atoms with Crippen LogP contribution in [0.2, 0.25) is 0 Å². The third-order valence-electron chi connectivity index (χ3n) is 1.34. The number of nitriles is 1. The van der Waals surface area contributed by atoms with Crippen molar-refractivity contribution >= 4 is 11.8 Å². The van der Waals surface area contributed by atoms with Crippen molar-refractivity contribution in [1.29, 1.82) is 5.26 Å². The van der Waals surface area contributed by atoms with Crippen molar-refractivity contribution in [1.82, 2.24) is 0 Å². The van der Waals surface area contributed by atoms with Gasteiger partial charge in [0, 0.05) is 4.90 Å². The Balaban J connectivity index is 2.67. The minimum absolute atomic E-state index is 0.109. The smallest absolute Gasteiger partial charge is 0.174 e.